The van der Waals surface area contributed by atoms with Gasteiger partial charge in [0.05, 0.1) is 18.9 Å². The van der Waals surface area contributed by atoms with Crippen LogP contribution in [0.4, 0.5) is 5.13 Å². The lowest BCUT2D eigenvalue weighted by Crippen LogP contribution is -2.31. The van der Waals surface area contributed by atoms with Gasteiger partial charge in [-0.2, -0.15) is 0 Å². The van der Waals surface area contributed by atoms with Crippen molar-refractivity contribution in [2.24, 2.45) is 5.92 Å². The molecular formula is C15H24N2O3S. The number of nitrogens with zero attached hydrogens (tertiary/aromatic N) is 1. The largest absolute Gasteiger partial charge is 0.465 e. The van der Waals surface area contributed by atoms with Gasteiger partial charge in [0, 0.05) is 18.5 Å². The average molecular weight is 312 g/mol. The number of hydrogen-bond donors (Lipinski definition) is 1. The van der Waals surface area contributed by atoms with Crippen LogP contribution in [0.1, 0.15) is 39.3 Å². The Labute approximate surface area is 130 Å². The number of carbonyl (C=O) groups excluding carboxylic acids is 1. The lowest BCUT2D eigenvalue weighted by Gasteiger charge is -2.19. The van der Waals surface area contributed by atoms with Gasteiger partial charge in [-0.25, -0.2) is 4.98 Å². The molecule has 1 aliphatic carbocycles. The van der Waals surface area contributed by atoms with Gasteiger partial charge < -0.3 is 14.8 Å². The van der Waals surface area contributed by atoms with E-state index in [0.29, 0.717) is 13.2 Å². The Morgan fingerprint density at radius 3 is 2.95 bits per heavy atom. The molecule has 1 aromatic rings. The summed E-state index contributed by atoms with van der Waals surface area (Å²) in [6.07, 6.45) is 2.62. The third kappa shape index (κ3) is 4.68. The molecule has 0 amide bonds. The van der Waals surface area contributed by atoms with E-state index in [9.17, 15) is 4.79 Å². The van der Waals surface area contributed by atoms with Crippen molar-refractivity contribution in [3.05, 3.63) is 11.1 Å². The maximum Gasteiger partial charge on any atom is 0.317 e. The lowest BCUT2D eigenvalue weighted by molar-refractivity contribution is -0.148. The maximum atomic E-state index is 11.9. The van der Waals surface area contributed by atoms with Crippen LogP contribution in [0.3, 0.4) is 0 Å². The first-order valence-electron chi connectivity index (χ1n) is 7.49. The smallest absolute Gasteiger partial charge is 0.317 e. The molecule has 118 valence electrons. The standard InChI is InChI=1S/C15H24N2O3S/c1-4-20-13(18)15(2,3)12-10-21-14(17-12)16-7-8-19-9-11-5-6-11/h10-11H,4-9H2,1-3H3,(H,16,17). The second-order valence-electron chi connectivity index (χ2n) is 5.83. The maximum absolute atomic E-state index is 11.9. The molecule has 2 rings (SSSR count). The number of nitrogens with one attached hydrogen (secondary N) is 1. The third-order valence-electron chi connectivity index (χ3n) is 3.50. The summed E-state index contributed by atoms with van der Waals surface area (Å²) in [6, 6.07) is 0. The molecule has 0 aliphatic heterocycles. The number of hydrogen-bond acceptors (Lipinski definition) is 6. The molecule has 0 saturated heterocycles. The van der Waals surface area contributed by atoms with Crippen LogP contribution in [0, 0.1) is 5.92 Å². The van der Waals surface area contributed by atoms with Crippen molar-refractivity contribution < 1.29 is 14.3 Å². The molecule has 0 unspecified atom stereocenters. The number of carbonyl (C=O) groups is 1. The van der Waals surface area contributed by atoms with Gasteiger partial charge in [-0.15, -0.1) is 11.3 Å². The van der Waals surface area contributed by atoms with Crippen molar-refractivity contribution in [1.82, 2.24) is 4.98 Å². The van der Waals surface area contributed by atoms with Crippen LogP contribution in [0.25, 0.3) is 0 Å². The van der Waals surface area contributed by atoms with E-state index in [4.69, 9.17) is 9.47 Å². The molecule has 0 bridgehead atoms. The molecular weight excluding hydrogens is 288 g/mol. The van der Waals surface area contributed by atoms with E-state index in [0.717, 1.165) is 29.9 Å². The van der Waals surface area contributed by atoms with Crippen molar-refractivity contribution >= 4 is 22.4 Å². The molecule has 1 saturated carbocycles. The summed E-state index contributed by atoms with van der Waals surface area (Å²) in [6.45, 7) is 8.16. The van der Waals surface area contributed by atoms with Gasteiger partial charge in [0.25, 0.3) is 0 Å². The summed E-state index contributed by atoms with van der Waals surface area (Å²) in [5.41, 5.74) is 0.0295. The summed E-state index contributed by atoms with van der Waals surface area (Å²) in [5.74, 6) is 0.552. The summed E-state index contributed by atoms with van der Waals surface area (Å²) < 4.78 is 10.7. The van der Waals surface area contributed by atoms with E-state index in [1.54, 1.807) is 0 Å². The fourth-order valence-electron chi connectivity index (χ4n) is 1.82. The van der Waals surface area contributed by atoms with E-state index in [2.05, 4.69) is 10.3 Å². The Morgan fingerprint density at radius 2 is 2.29 bits per heavy atom. The van der Waals surface area contributed by atoms with Crippen molar-refractivity contribution in [3.63, 3.8) is 0 Å². The zero-order chi connectivity index (χ0) is 15.3. The minimum Gasteiger partial charge on any atom is -0.465 e. The summed E-state index contributed by atoms with van der Waals surface area (Å²) >= 11 is 1.50. The van der Waals surface area contributed by atoms with E-state index < -0.39 is 5.41 Å². The van der Waals surface area contributed by atoms with Gasteiger partial charge >= 0.3 is 5.97 Å². The van der Waals surface area contributed by atoms with Crippen LogP contribution in [0.15, 0.2) is 5.38 Å². The molecule has 1 aromatic heterocycles. The second kappa shape index (κ2) is 7.22. The van der Waals surface area contributed by atoms with Crippen molar-refractivity contribution in [3.8, 4) is 0 Å². The number of esters is 1. The van der Waals surface area contributed by atoms with Gasteiger partial charge in [0.2, 0.25) is 0 Å². The Hall–Kier alpha value is -1.14. The molecule has 0 spiro atoms. The van der Waals surface area contributed by atoms with E-state index in [-0.39, 0.29) is 5.97 Å². The second-order valence-corrected chi connectivity index (χ2v) is 6.69. The summed E-state index contributed by atoms with van der Waals surface area (Å²) in [4.78, 5) is 16.4. The predicted octanol–water partition coefficient (Wildman–Crippen LogP) is 2.82. The first-order valence-corrected chi connectivity index (χ1v) is 8.37. The van der Waals surface area contributed by atoms with Crippen LogP contribution in [0.5, 0.6) is 0 Å². The highest BCUT2D eigenvalue weighted by atomic mass is 32.1. The molecule has 0 radical (unpaired) electrons. The van der Waals surface area contributed by atoms with Crippen molar-refractivity contribution in [2.75, 3.05) is 31.7 Å². The monoisotopic (exact) mass is 312 g/mol. The van der Waals surface area contributed by atoms with Gasteiger partial charge in [-0.05, 0) is 39.5 Å². The molecule has 0 aromatic carbocycles. The highest BCUT2D eigenvalue weighted by Crippen LogP contribution is 2.29. The minimum atomic E-state index is -0.713. The molecule has 5 nitrogen and oxygen atoms in total. The highest BCUT2D eigenvalue weighted by Gasteiger charge is 2.33. The third-order valence-corrected chi connectivity index (χ3v) is 4.30. The highest BCUT2D eigenvalue weighted by molar-refractivity contribution is 7.13. The molecule has 1 aliphatic rings. The first-order chi connectivity index (χ1) is 10.0. The van der Waals surface area contributed by atoms with Gasteiger partial charge in [0.1, 0.15) is 5.41 Å². The molecule has 6 heteroatoms. The normalized spacial score (nSPS) is 15.0. The number of ether oxygens (including phenoxy) is 2. The Bertz CT molecular complexity index is 469. The molecule has 0 atom stereocenters. The SMILES string of the molecule is CCOC(=O)C(C)(C)c1csc(NCCOCC2CC2)n1. The quantitative estimate of drug-likeness (QED) is 0.561. The number of thiazole rings is 1. The molecule has 1 fully saturated rings. The van der Waals surface area contributed by atoms with Crippen molar-refractivity contribution in [2.45, 2.75) is 39.0 Å². The predicted molar refractivity (Wildman–Crippen MR) is 83.8 cm³/mol. The lowest BCUT2D eigenvalue weighted by atomic mass is 9.90. The number of aromatic nitrogens is 1. The number of anilines is 1. The fourth-order valence-corrected chi connectivity index (χ4v) is 2.73. The molecule has 1 heterocycles. The van der Waals surface area contributed by atoms with Gasteiger partial charge in [-0.1, -0.05) is 0 Å². The Morgan fingerprint density at radius 1 is 1.52 bits per heavy atom. The van der Waals surface area contributed by atoms with E-state index in [1.807, 2.05) is 26.2 Å². The average Bonchev–Trinajstić information content (AvgIpc) is 3.14. The topological polar surface area (TPSA) is 60.5 Å². The van der Waals surface area contributed by atoms with E-state index in [1.165, 1.54) is 24.2 Å². The van der Waals surface area contributed by atoms with Crippen LogP contribution in [-0.2, 0) is 19.7 Å². The minimum absolute atomic E-state index is 0.241. The Kier molecular flexibility index (Phi) is 5.58. The van der Waals surface area contributed by atoms with Crippen molar-refractivity contribution in [1.29, 1.82) is 0 Å². The fraction of sp³-hybridized carbons (Fsp3) is 0.733. The van der Waals surface area contributed by atoms with E-state index >= 15 is 0 Å². The van der Waals surface area contributed by atoms with Crippen LogP contribution in [-0.4, -0.2) is 37.3 Å². The van der Waals surface area contributed by atoms with Gasteiger partial charge in [-0.3, -0.25) is 4.79 Å². The first kappa shape index (κ1) is 16.2. The number of rotatable bonds is 9. The summed E-state index contributed by atoms with van der Waals surface area (Å²) in [5, 5.41) is 5.96. The van der Waals surface area contributed by atoms with Crippen LogP contribution < -0.4 is 5.32 Å². The summed E-state index contributed by atoms with van der Waals surface area (Å²) in [7, 11) is 0. The zero-order valence-electron chi connectivity index (χ0n) is 13.0. The zero-order valence-corrected chi connectivity index (χ0v) is 13.8. The van der Waals surface area contributed by atoms with Crippen LogP contribution >= 0.6 is 11.3 Å². The Balaban J connectivity index is 1.77. The molecule has 1 N–H and O–H groups in total. The van der Waals surface area contributed by atoms with Crippen LogP contribution in [0.2, 0.25) is 0 Å². The van der Waals surface area contributed by atoms with Gasteiger partial charge in [0.15, 0.2) is 5.13 Å². The molecule has 21 heavy (non-hydrogen) atoms.